The molecule has 168 valence electrons. The van der Waals surface area contributed by atoms with Gasteiger partial charge in [-0.05, 0) is 44.0 Å². The minimum absolute atomic E-state index is 0.330. The van der Waals surface area contributed by atoms with E-state index in [2.05, 4.69) is 22.2 Å². The van der Waals surface area contributed by atoms with E-state index in [1.54, 1.807) is 12.1 Å². The number of likely N-dealkylation sites (tertiary alicyclic amines) is 1. The number of anilines is 1. The molecule has 2 aliphatic rings. The van der Waals surface area contributed by atoms with Crippen molar-refractivity contribution in [2.75, 3.05) is 26.0 Å². The third-order valence-corrected chi connectivity index (χ3v) is 6.48. The predicted octanol–water partition coefficient (Wildman–Crippen LogP) is 3.98. The van der Waals surface area contributed by atoms with Crippen LogP contribution in [0.3, 0.4) is 0 Å². The number of halogens is 3. The molecule has 1 saturated heterocycles. The standard InChI is InChI=1S/C22H22F3N5O2/c1-29-10-13-6-14(29)8-18(13)30-11-12-7-17(19(32-2)9-16(12)28-30)27-21(31)15-4-3-5-20(26-15)22(23,24)25/h3-5,7,9,11,13-14,18H,6,8,10H2,1-2H3,(H,27,31)/t13-,14-,18-/m1/s1. The molecule has 1 aliphatic carbocycles. The number of pyridine rings is 1. The zero-order valence-corrected chi connectivity index (χ0v) is 17.6. The molecule has 2 bridgehead atoms. The van der Waals surface area contributed by atoms with Gasteiger partial charge in [0.25, 0.3) is 5.91 Å². The van der Waals surface area contributed by atoms with Gasteiger partial charge in [-0.25, -0.2) is 4.98 Å². The molecule has 1 aromatic carbocycles. The first kappa shape index (κ1) is 20.7. The van der Waals surface area contributed by atoms with Gasteiger partial charge in [-0.2, -0.15) is 18.3 Å². The molecule has 3 aromatic rings. The van der Waals surface area contributed by atoms with Crippen LogP contribution in [0, 0.1) is 5.92 Å². The molecule has 1 saturated carbocycles. The average molecular weight is 445 g/mol. The van der Waals surface area contributed by atoms with E-state index >= 15 is 0 Å². The Hall–Kier alpha value is -3.14. The van der Waals surface area contributed by atoms with Crippen molar-refractivity contribution in [2.24, 2.45) is 5.92 Å². The number of carbonyl (C=O) groups excluding carboxylic acids is 1. The largest absolute Gasteiger partial charge is 0.494 e. The minimum atomic E-state index is -4.63. The fraction of sp³-hybridized carbons (Fsp3) is 0.409. The van der Waals surface area contributed by atoms with Gasteiger partial charge < -0.3 is 15.0 Å². The maximum absolute atomic E-state index is 12.9. The maximum Gasteiger partial charge on any atom is 0.433 e. The Labute approximate surface area is 182 Å². The van der Waals surface area contributed by atoms with Crippen LogP contribution < -0.4 is 10.1 Å². The summed E-state index contributed by atoms with van der Waals surface area (Å²) in [6.07, 6.45) is -0.447. The lowest BCUT2D eigenvalue weighted by Crippen LogP contribution is -2.33. The monoisotopic (exact) mass is 445 g/mol. The number of nitrogens with one attached hydrogen (secondary N) is 1. The Morgan fingerprint density at radius 3 is 2.72 bits per heavy atom. The molecule has 32 heavy (non-hydrogen) atoms. The number of ether oxygens (including phenoxy) is 1. The highest BCUT2D eigenvalue weighted by Crippen LogP contribution is 2.44. The highest BCUT2D eigenvalue weighted by molar-refractivity contribution is 6.05. The number of rotatable bonds is 4. The normalized spacial score (nSPS) is 23.1. The van der Waals surface area contributed by atoms with Gasteiger partial charge in [0.05, 0.1) is 24.4 Å². The molecule has 1 amide bonds. The molecule has 10 heteroatoms. The Bertz CT molecular complexity index is 1190. The molecule has 2 aromatic heterocycles. The van der Waals surface area contributed by atoms with Crippen LogP contribution in [0.25, 0.3) is 10.9 Å². The van der Waals surface area contributed by atoms with E-state index in [-0.39, 0.29) is 5.69 Å². The molecule has 0 spiro atoms. The molecule has 3 atom stereocenters. The number of hydrogen-bond donors (Lipinski definition) is 1. The number of amides is 1. The SMILES string of the molecule is COc1cc2nn([C@@H]3C[C@H]4C[C@@H]3CN4C)cc2cc1NC(=O)c1cccc(C(F)(F)F)n1. The second-order valence-corrected chi connectivity index (χ2v) is 8.47. The lowest BCUT2D eigenvalue weighted by atomic mass is 10.0. The maximum atomic E-state index is 12.9. The Morgan fingerprint density at radius 1 is 1.25 bits per heavy atom. The van der Waals surface area contributed by atoms with Crippen LogP contribution in [-0.2, 0) is 6.18 Å². The molecule has 0 radical (unpaired) electrons. The Kier molecular flexibility index (Phi) is 4.85. The number of methoxy groups -OCH3 is 1. The molecular weight excluding hydrogens is 423 g/mol. The van der Waals surface area contributed by atoms with Gasteiger partial charge in [0.1, 0.15) is 17.1 Å². The van der Waals surface area contributed by atoms with Crippen LogP contribution in [0.1, 0.15) is 35.1 Å². The number of carbonyl (C=O) groups is 1. The molecule has 1 N–H and O–H groups in total. The van der Waals surface area contributed by atoms with E-state index in [4.69, 9.17) is 9.84 Å². The fourth-order valence-corrected chi connectivity index (χ4v) is 4.89. The van der Waals surface area contributed by atoms with E-state index in [9.17, 15) is 18.0 Å². The molecule has 0 unspecified atom stereocenters. The van der Waals surface area contributed by atoms with E-state index in [1.807, 2.05) is 10.9 Å². The minimum Gasteiger partial charge on any atom is -0.494 e. The first-order valence-electron chi connectivity index (χ1n) is 10.4. The van der Waals surface area contributed by atoms with Crippen molar-refractivity contribution in [1.82, 2.24) is 19.7 Å². The lowest BCUT2D eigenvalue weighted by molar-refractivity contribution is -0.141. The summed E-state index contributed by atoms with van der Waals surface area (Å²) in [7, 11) is 3.61. The van der Waals surface area contributed by atoms with E-state index in [0.717, 1.165) is 36.0 Å². The average Bonchev–Trinajstić information content (AvgIpc) is 3.45. The number of benzene rings is 1. The summed E-state index contributed by atoms with van der Waals surface area (Å²) >= 11 is 0. The smallest absolute Gasteiger partial charge is 0.433 e. The zero-order chi connectivity index (χ0) is 22.6. The topological polar surface area (TPSA) is 72.3 Å². The van der Waals surface area contributed by atoms with Gasteiger partial charge in [0.15, 0.2) is 0 Å². The van der Waals surface area contributed by atoms with E-state index in [1.165, 1.54) is 19.6 Å². The van der Waals surface area contributed by atoms with Crippen molar-refractivity contribution < 1.29 is 22.7 Å². The van der Waals surface area contributed by atoms with Gasteiger partial charge in [-0.1, -0.05) is 6.07 Å². The summed E-state index contributed by atoms with van der Waals surface area (Å²) in [6, 6.07) is 7.58. The molecule has 1 aliphatic heterocycles. The summed E-state index contributed by atoms with van der Waals surface area (Å²) < 4.78 is 46.2. The van der Waals surface area contributed by atoms with Gasteiger partial charge in [-0.15, -0.1) is 0 Å². The van der Waals surface area contributed by atoms with Gasteiger partial charge in [0, 0.05) is 30.2 Å². The van der Waals surface area contributed by atoms with Crippen LogP contribution in [-0.4, -0.2) is 52.3 Å². The zero-order valence-electron chi connectivity index (χ0n) is 17.6. The second kappa shape index (κ2) is 7.47. The van der Waals surface area contributed by atoms with Crippen molar-refractivity contribution >= 4 is 22.5 Å². The molecule has 3 heterocycles. The number of fused-ring (bicyclic) bond motifs is 3. The Balaban J connectivity index is 1.42. The van der Waals surface area contributed by atoms with Crippen molar-refractivity contribution in [3.63, 3.8) is 0 Å². The highest BCUT2D eigenvalue weighted by atomic mass is 19.4. The molecule has 5 rings (SSSR count). The second-order valence-electron chi connectivity index (χ2n) is 8.47. The molecule has 2 fully saturated rings. The van der Waals surface area contributed by atoms with Crippen molar-refractivity contribution in [3.8, 4) is 5.75 Å². The fourth-order valence-electron chi connectivity index (χ4n) is 4.89. The van der Waals surface area contributed by atoms with E-state index in [0.29, 0.717) is 29.4 Å². The quantitative estimate of drug-likeness (QED) is 0.658. The summed E-state index contributed by atoms with van der Waals surface area (Å²) in [6.45, 7) is 1.06. The number of aromatic nitrogens is 3. The third kappa shape index (κ3) is 3.58. The summed E-state index contributed by atoms with van der Waals surface area (Å²) in [5.41, 5.74) is -0.376. The van der Waals surface area contributed by atoms with Gasteiger partial charge in [-0.3, -0.25) is 9.48 Å². The lowest BCUT2D eigenvalue weighted by Gasteiger charge is -2.28. The number of alkyl halides is 3. The van der Waals surface area contributed by atoms with Crippen LogP contribution >= 0.6 is 0 Å². The number of piperidine rings is 1. The van der Waals surface area contributed by atoms with Gasteiger partial charge in [0.2, 0.25) is 0 Å². The first-order chi connectivity index (χ1) is 15.2. The number of nitrogens with zero attached hydrogens (tertiary/aromatic N) is 4. The summed E-state index contributed by atoms with van der Waals surface area (Å²) in [4.78, 5) is 18.4. The molecule has 7 nitrogen and oxygen atoms in total. The van der Waals surface area contributed by atoms with Crippen molar-refractivity contribution in [3.05, 3.63) is 47.9 Å². The van der Waals surface area contributed by atoms with Crippen molar-refractivity contribution in [1.29, 1.82) is 0 Å². The molecular formula is C22H22F3N5O2. The van der Waals surface area contributed by atoms with Crippen LogP contribution in [0.2, 0.25) is 0 Å². The predicted molar refractivity (Wildman–Crippen MR) is 112 cm³/mol. The first-order valence-corrected chi connectivity index (χ1v) is 10.4. The summed E-state index contributed by atoms with van der Waals surface area (Å²) in [5, 5.41) is 8.17. The Morgan fingerprint density at radius 2 is 2.06 bits per heavy atom. The summed E-state index contributed by atoms with van der Waals surface area (Å²) in [5.74, 6) is 0.181. The van der Waals surface area contributed by atoms with E-state index < -0.39 is 17.8 Å². The van der Waals surface area contributed by atoms with Crippen LogP contribution in [0.15, 0.2) is 36.5 Å². The van der Waals surface area contributed by atoms with Crippen LogP contribution in [0.4, 0.5) is 18.9 Å². The highest BCUT2D eigenvalue weighted by Gasteiger charge is 2.44. The number of hydrogen-bond acceptors (Lipinski definition) is 5. The van der Waals surface area contributed by atoms with Crippen LogP contribution in [0.5, 0.6) is 5.75 Å². The van der Waals surface area contributed by atoms with Crippen molar-refractivity contribution in [2.45, 2.75) is 31.1 Å². The third-order valence-electron chi connectivity index (χ3n) is 6.48. The van der Waals surface area contributed by atoms with Gasteiger partial charge >= 0.3 is 6.18 Å².